The Kier molecular flexibility index (Phi) is 5.55. The van der Waals surface area contributed by atoms with Crippen molar-refractivity contribution in [1.82, 2.24) is 10.6 Å². The second kappa shape index (κ2) is 7.54. The van der Waals surface area contributed by atoms with E-state index in [9.17, 15) is 23.1 Å². The van der Waals surface area contributed by atoms with Crippen LogP contribution in [0.1, 0.15) is 30.4 Å². The van der Waals surface area contributed by atoms with Gasteiger partial charge in [-0.3, -0.25) is 4.79 Å². The van der Waals surface area contributed by atoms with Crippen molar-refractivity contribution in [3.8, 4) is 0 Å². The molecule has 144 valence electrons. The average molecular weight is 372 g/mol. The minimum atomic E-state index is -4.41. The van der Waals surface area contributed by atoms with Crippen LogP contribution in [0.25, 0.3) is 0 Å². The standard InChI is InChI=1S/C18H23F3N2O3/c19-18(20,21)13-3-1-2-12(8-13)17(4-6-26-7-5-17)11-23-16(25)15-9-14(24)10-22-15/h1-3,8,14-15,22,24H,4-7,9-11H2,(H,23,25). The number of rotatable bonds is 4. The number of hydrogen-bond donors (Lipinski definition) is 3. The second-order valence-electron chi connectivity index (χ2n) is 7.04. The molecule has 2 aliphatic heterocycles. The maximum Gasteiger partial charge on any atom is 0.416 e. The quantitative estimate of drug-likeness (QED) is 0.751. The van der Waals surface area contributed by atoms with Crippen LogP contribution in [0, 0.1) is 0 Å². The lowest BCUT2D eigenvalue weighted by Crippen LogP contribution is -2.48. The van der Waals surface area contributed by atoms with Gasteiger partial charge in [0.05, 0.1) is 17.7 Å². The Hall–Kier alpha value is -1.64. The molecule has 1 amide bonds. The molecule has 3 rings (SSSR count). The van der Waals surface area contributed by atoms with E-state index in [4.69, 9.17) is 4.74 Å². The number of alkyl halides is 3. The van der Waals surface area contributed by atoms with Gasteiger partial charge in [0.1, 0.15) is 0 Å². The van der Waals surface area contributed by atoms with Crippen LogP contribution in [0.2, 0.25) is 0 Å². The van der Waals surface area contributed by atoms with Crippen molar-refractivity contribution in [2.75, 3.05) is 26.3 Å². The summed E-state index contributed by atoms with van der Waals surface area (Å²) in [4.78, 5) is 12.3. The van der Waals surface area contributed by atoms with Crippen molar-refractivity contribution in [3.05, 3.63) is 35.4 Å². The summed E-state index contributed by atoms with van der Waals surface area (Å²) >= 11 is 0. The Bertz CT molecular complexity index is 645. The number of carbonyl (C=O) groups is 1. The molecule has 1 aromatic rings. The average Bonchev–Trinajstić information content (AvgIpc) is 3.06. The van der Waals surface area contributed by atoms with E-state index in [1.165, 1.54) is 12.1 Å². The van der Waals surface area contributed by atoms with E-state index in [0.29, 0.717) is 44.6 Å². The predicted octanol–water partition coefficient (Wildman–Crippen LogP) is 1.59. The van der Waals surface area contributed by atoms with Crippen LogP contribution >= 0.6 is 0 Å². The van der Waals surface area contributed by atoms with E-state index < -0.39 is 29.3 Å². The van der Waals surface area contributed by atoms with Crippen LogP contribution in [-0.2, 0) is 21.1 Å². The fourth-order valence-electron chi connectivity index (χ4n) is 3.65. The number of amides is 1. The highest BCUT2D eigenvalue weighted by atomic mass is 19.4. The highest BCUT2D eigenvalue weighted by molar-refractivity contribution is 5.82. The Morgan fingerprint density at radius 3 is 2.69 bits per heavy atom. The SMILES string of the molecule is O=C(NCC1(c2cccc(C(F)(F)F)c2)CCOCC1)C1CC(O)CN1. The number of nitrogens with one attached hydrogen (secondary N) is 2. The molecule has 2 saturated heterocycles. The number of aliphatic hydroxyl groups excluding tert-OH is 1. The third-order valence-corrected chi connectivity index (χ3v) is 5.28. The maximum absolute atomic E-state index is 13.1. The van der Waals surface area contributed by atoms with Crippen molar-refractivity contribution in [2.24, 2.45) is 0 Å². The summed E-state index contributed by atoms with van der Waals surface area (Å²) in [6.45, 7) is 1.48. The normalized spacial score (nSPS) is 25.8. The molecule has 2 unspecified atom stereocenters. The number of benzene rings is 1. The molecule has 0 spiro atoms. The molecule has 26 heavy (non-hydrogen) atoms. The molecule has 0 aliphatic carbocycles. The second-order valence-corrected chi connectivity index (χ2v) is 7.04. The first-order valence-corrected chi connectivity index (χ1v) is 8.75. The van der Waals surface area contributed by atoms with Crippen LogP contribution in [0.4, 0.5) is 13.2 Å². The van der Waals surface area contributed by atoms with Gasteiger partial charge in [-0.15, -0.1) is 0 Å². The van der Waals surface area contributed by atoms with Crippen molar-refractivity contribution < 1.29 is 27.8 Å². The van der Waals surface area contributed by atoms with E-state index in [0.717, 1.165) is 6.07 Å². The van der Waals surface area contributed by atoms with Gasteiger partial charge in [0, 0.05) is 31.7 Å². The van der Waals surface area contributed by atoms with Crippen molar-refractivity contribution in [2.45, 2.75) is 43.0 Å². The van der Waals surface area contributed by atoms with Crippen LogP contribution in [0.15, 0.2) is 24.3 Å². The first-order valence-electron chi connectivity index (χ1n) is 8.75. The van der Waals surface area contributed by atoms with Gasteiger partial charge in [-0.2, -0.15) is 13.2 Å². The van der Waals surface area contributed by atoms with Crippen LogP contribution < -0.4 is 10.6 Å². The van der Waals surface area contributed by atoms with Gasteiger partial charge >= 0.3 is 6.18 Å². The Morgan fingerprint density at radius 1 is 1.35 bits per heavy atom. The molecule has 2 aliphatic rings. The summed E-state index contributed by atoms with van der Waals surface area (Å²) in [5.74, 6) is -0.237. The molecule has 3 N–H and O–H groups in total. The fraction of sp³-hybridized carbons (Fsp3) is 0.611. The predicted molar refractivity (Wildman–Crippen MR) is 88.6 cm³/mol. The summed E-state index contributed by atoms with van der Waals surface area (Å²) < 4.78 is 44.6. The van der Waals surface area contributed by atoms with Gasteiger partial charge in [-0.05, 0) is 30.9 Å². The molecule has 0 bridgehead atoms. The topological polar surface area (TPSA) is 70.6 Å². The summed E-state index contributed by atoms with van der Waals surface area (Å²) in [7, 11) is 0. The van der Waals surface area contributed by atoms with Gasteiger partial charge in [-0.1, -0.05) is 18.2 Å². The van der Waals surface area contributed by atoms with Crippen LogP contribution in [0.5, 0.6) is 0 Å². The monoisotopic (exact) mass is 372 g/mol. The fourth-order valence-corrected chi connectivity index (χ4v) is 3.65. The van der Waals surface area contributed by atoms with Gasteiger partial charge in [0.25, 0.3) is 0 Å². The number of aliphatic hydroxyl groups is 1. The molecule has 0 aromatic heterocycles. The highest BCUT2D eigenvalue weighted by Crippen LogP contribution is 2.37. The first-order chi connectivity index (χ1) is 12.3. The third kappa shape index (κ3) is 4.19. The lowest BCUT2D eigenvalue weighted by molar-refractivity contribution is -0.137. The molecule has 8 heteroatoms. The lowest BCUT2D eigenvalue weighted by Gasteiger charge is -2.38. The number of carbonyl (C=O) groups excluding carboxylic acids is 1. The molecule has 1 aromatic carbocycles. The summed E-state index contributed by atoms with van der Waals surface area (Å²) in [6, 6.07) is 4.85. The van der Waals surface area contributed by atoms with E-state index in [1.54, 1.807) is 6.07 Å². The minimum Gasteiger partial charge on any atom is -0.392 e. The van der Waals surface area contributed by atoms with E-state index in [1.807, 2.05) is 0 Å². The zero-order valence-corrected chi connectivity index (χ0v) is 14.3. The number of halogens is 3. The number of ether oxygens (including phenoxy) is 1. The third-order valence-electron chi connectivity index (χ3n) is 5.28. The largest absolute Gasteiger partial charge is 0.416 e. The smallest absolute Gasteiger partial charge is 0.392 e. The molecule has 0 radical (unpaired) electrons. The van der Waals surface area contributed by atoms with Gasteiger partial charge in [0.15, 0.2) is 0 Å². The van der Waals surface area contributed by atoms with Gasteiger partial charge < -0.3 is 20.5 Å². The maximum atomic E-state index is 13.1. The molecule has 5 nitrogen and oxygen atoms in total. The molecule has 2 fully saturated rings. The van der Waals surface area contributed by atoms with E-state index in [-0.39, 0.29) is 12.5 Å². The van der Waals surface area contributed by atoms with Crippen molar-refractivity contribution in [3.63, 3.8) is 0 Å². The van der Waals surface area contributed by atoms with Crippen molar-refractivity contribution >= 4 is 5.91 Å². The first kappa shape index (κ1) is 19.1. The van der Waals surface area contributed by atoms with Gasteiger partial charge in [-0.25, -0.2) is 0 Å². The molecule has 0 saturated carbocycles. The van der Waals surface area contributed by atoms with Crippen LogP contribution in [-0.4, -0.2) is 49.5 Å². The van der Waals surface area contributed by atoms with E-state index in [2.05, 4.69) is 10.6 Å². The highest BCUT2D eigenvalue weighted by Gasteiger charge is 2.38. The Labute approximate surface area is 149 Å². The Morgan fingerprint density at radius 2 is 2.08 bits per heavy atom. The summed E-state index contributed by atoms with van der Waals surface area (Å²) in [5, 5.41) is 15.3. The lowest BCUT2D eigenvalue weighted by atomic mass is 9.73. The number of β-amino-alcohol motifs (C(OH)–C–C–N with tert-alkyl or cyclic N) is 1. The summed E-state index contributed by atoms with van der Waals surface area (Å²) in [5.41, 5.74) is -0.713. The molecule has 2 atom stereocenters. The minimum absolute atomic E-state index is 0.237. The number of hydrogen-bond acceptors (Lipinski definition) is 4. The van der Waals surface area contributed by atoms with Crippen molar-refractivity contribution in [1.29, 1.82) is 0 Å². The van der Waals surface area contributed by atoms with Gasteiger partial charge in [0.2, 0.25) is 5.91 Å². The zero-order chi connectivity index (χ0) is 18.8. The summed E-state index contributed by atoms with van der Waals surface area (Å²) in [6.07, 6.45) is -3.54. The van der Waals surface area contributed by atoms with Crippen LogP contribution in [0.3, 0.4) is 0 Å². The molecular weight excluding hydrogens is 349 g/mol. The Balaban J connectivity index is 1.77. The molecular formula is C18H23F3N2O3. The molecule has 2 heterocycles. The zero-order valence-electron chi connectivity index (χ0n) is 14.3. The van der Waals surface area contributed by atoms with E-state index >= 15 is 0 Å².